The number of nitrogens with one attached hydrogen (secondary N) is 1. The van der Waals surface area contributed by atoms with Crippen molar-refractivity contribution >= 4 is 35.3 Å². The number of nitrogens with zero attached hydrogens (tertiary/aromatic N) is 3. The summed E-state index contributed by atoms with van der Waals surface area (Å²) < 4.78 is 64.8. The first-order valence-electron chi connectivity index (χ1n) is 12.3. The maximum Gasteiger partial charge on any atom is 0.414 e. The molecule has 4 atom stereocenters. The third kappa shape index (κ3) is 5.48. The van der Waals surface area contributed by atoms with Crippen molar-refractivity contribution in [3.8, 4) is 0 Å². The Bertz CT molecular complexity index is 1080. The van der Waals surface area contributed by atoms with Crippen LogP contribution in [0.5, 0.6) is 0 Å². The van der Waals surface area contributed by atoms with E-state index >= 15 is 0 Å². The van der Waals surface area contributed by atoms with E-state index in [0.29, 0.717) is 13.1 Å². The molecule has 0 aromatic heterocycles. The lowest BCUT2D eigenvalue weighted by atomic mass is 10.2. The molecule has 1 unspecified atom stereocenters. The average molecular weight is 545 g/mol. The number of carbonyl (C=O) groups excluding carboxylic acids is 4. The minimum Gasteiger partial charge on any atom is -0.455 e. The normalized spacial score (nSPS) is 23.8. The van der Waals surface area contributed by atoms with E-state index in [-0.39, 0.29) is 61.9 Å². The Hall–Kier alpha value is -3.58. The van der Waals surface area contributed by atoms with E-state index in [1.807, 2.05) is 19.2 Å². The van der Waals surface area contributed by atoms with Gasteiger partial charge in [0.25, 0.3) is 11.8 Å². The lowest BCUT2D eigenvalue weighted by Crippen LogP contribution is -2.37. The van der Waals surface area contributed by atoms with Crippen LogP contribution in [0.3, 0.4) is 0 Å². The highest BCUT2D eigenvalue weighted by Crippen LogP contribution is 2.53. The van der Waals surface area contributed by atoms with E-state index in [2.05, 4.69) is 0 Å². The number of alkyl halides is 2. The third-order valence-corrected chi connectivity index (χ3v) is 7.13. The molecule has 10 nitrogen and oxygen atoms in total. The minimum absolute atomic E-state index is 0.125. The summed E-state index contributed by atoms with van der Waals surface area (Å²) in [6.07, 6.45) is -5.13. The predicted molar refractivity (Wildman–Crippen MR) is 125 cm³/mol. The summed E-state index contributed by atoms with van der Waals surface area (Å²) in [7, 11) is 0. The van der Waals surface area contributed by atoms with Gasteiger partial charge in [-0.3, -0.25) is 19.3 Å². The van der Waals surface area contributed by atoms with Gasteiger partial charge in [0, 0.05) is 38.3 Å². The van der Waals surface area contributed by atoms with E-state index in [9.17, 15) is 36.7 Å². The van der Waals surface area contributed by atoms with E-state index in [1.54, 1.807) is 4.90 Å². The Morgan fingerprint density at radius 2 is 1.71 bits per heavy atom. The zero-order chi connectivity index (χ0) is 27.7. The Kier molecular flexibility index (Phi) is 7.97. The fraction of sp³-hybridized carbons (Fsp3) is 0.583. The molecule has 0 bridgehead atoms. The number of likely N-dealkylation sites (N-methyl/N-ethyl adjacent to an activating group) is 1. The molecule has 2 heterocycles. The zero-order valence-corrected chi connectivity index (χ0v) is 20.8. The predicted octanol–water partition coefficient (Wildman–Crippen LogP) is 1.77. The number of ether oxygens (including phenoxy) is 2. The van der Waals surface area contributed by atoms with Crippen molar-refractivity contribution in [3.63, 3.8) is 0 Å². The number of esters is 1. The maximum atomic E-state index is 15.0. The smallest absolute Gasteiger partial charge is 0.414 e. The van der Waals surface area contributed by atoms with Crippen LogP contribution < -0.4 is 15.1 Å². The van der Waals surface area contributed by atoms with Gasteiger partial charge in [-0.25, -0.2) is 13.6 Å². The molecular formula is C24H28F4N4O6. The first-order chi connectivity index (χ1) is 18.0. The lowest BCUT2D eigenvalue weighted by molar-refractivity contribution is -0.153. The largest absolute Gasteiger partial charge is 0.455 e. The Morgan fingerprint density at radius 1 is 1.11 bits per heavy atom. The summed E-state index contributed by atoms with van der Waals surface area (Å²) in [6.45, 7) is 4.18. The average Bonchev–Trinajstić information content (AvgIpc) is 3.17. The van der Waals surface area contributed by atoms with Crippen LogP contribution in [-0.4, -0.2) is 87.2 Å². The fourth-order valence-corrected chi connectivity index (χ4v) is 5.10. The van der Waals surface area contributed by atoms with Gasteiger partial charge in [-0.05, 0) is 25.7 Å². The summed E-state index contributed by atoms with van der Waals surface area (Å²) in [6, 6.07) is 1.93. The number of hydrogen-bond acceptors (Lipinski definition) is 7. The Balaban J connectivity index is 1.32. The van der Waals surface area contributed by atoms with Gasteiger partial charge in [0.05, 0.1) is 24.7 Å². The lowest BCUT2D eigenvalue weighted by Gasteiger charge is -2.24. The molecule has 1 saturated carbocycles. The van der Waals surface area contributed by atoms with Gasteiger partial charge in [0.2, 0.25) is 0 Å². The van der Waals surface area contributed by atoms with Crippen molar-refractivity contribution in [2.24, 2.45) is 17.8 Å². The molecule has 4 rings (SSSR count). The second kappa shape index (κ2) is 11.0. The van der Waals surface area contributed by atoms with E-state index in [4.69, 9.17) is 9.47 Å². The fourth-order valence-electron chi connectivity index (χ4n) is 5.10. The van der Waals surface area contributed by atoms with Crippen LogP contribution in [0.15, 0.2) is 12.1 Å². The molecule has 0 radical (unpaired) electrons. The van der Waals surface area contributed by atoms with Crippen molar-refractivity contribution in [1.29, 1.82) is 0 Å². The van der Waals surface area contributed by atoms with Crippen LogP contribution in [0.4, 0.5) is 33.7 Å². The number of halogens is 4. The van der Waals surface area contributed by atoms with Gasteiger partial charge >= 0.3 is 18.5 Å². The van der Waals surface area contributed by atoms with Crippen molar-refractivity contribution in [2.45, 2.75) is 26.4 Å². The van der Waals surface area contributed by atoms with Crippen molar-refractivity contribution in [2.75, 3.05) is 55.7 Å². The van der Waals surface area contributed by atoms with Crippen LogP contribution in [-0.2, 0) is 23.9 Å². The summed E-state index contributed by atoms with van der Waals surface area (Å²) in [4.78, 5) is 51.6. The van der Waals surface area contributed by atoms with Crippen molar-refractivity contribution in [1.82, 2.24) is 10.2 Å². The van der Waals surface area contributed by atoms with Gasteiger partial charge in [-0.1, -0.05) is 0 Å². The van der Waals surface area contributed by atoms with Gasteiger partial charge in [-0.15, -0.1) is 0 Å². The second-order valence-corrected chi connectivity index (χ2v) is 9.35. The highest BCUT2D eigenvalue weighted by molar-refractivity contribution is 5.90. The summed E-state index contributed by atoms with van der Waals surface area (Å²) in [5, 5.41) is 1.93. The van der Waals surface area contributed by atoms with Gasteiger partial charge in [-0.2, -0.15) is 8.78 Å². The molecule has 1 aromatic rings. The molecule has 0 spiro atoms. The van der Waals surface area contributed by atoms with Crippen LogP contribution in [0.1, 0.15) is 13.8 Å². The SMILES string of the molecule is CCN(CC)C(=O)COC(=O)C1[C@H]2CN(c3c(F)cc(N4C[C@H](CNC(=O)C(F)F)OC4=O)cc3F)C[C@@H]12. The highest BCUT2D eigenvalue weighted by atomic mass is 19.3. The highest BCUT2D eigenvalue weighted by Gasteiger charge is 2.61. The first kappa shape index (κ1) is 27.5. The van der Waals surface area contributed by atoms with E-state index in [0.717, 1.165) is 17.0 Å². The molecule has 38 heavy (non-hydrogen) atoms. The number of carbonyl (C=O) groups is 4. The Morgan fingerprint density at radius 3 is 2.26 bits per heavy atom. The number of cyclic esters (lactones) is 1. The maximum absolute atomic E-state index is 15.0. The number of anilines is 2. The summed E-state index contributed by atoms with van der Waals surface area (Å²) in [5.41, 5.74) is -0.418. The molecule has 1 aromatic carbocycles. The van der Waals surface area contributed by atoms with Gasteiger partial charge in [0.15, 0.2) is 18.2 Å². The van der Waals surface area contributed by atoms with Gasteiger partial charge < -0.3 is 24.6 Å². The van der Waals surface area contributed by atoms with Crippen molar-refractivity contribution in [3.05, 3.63) is 23.8 Å². The molecule has 2 aliphatic heterocycles. The third-order valence-electron chi connectivity index (χ3n) is 7.13. The van der Waals surface area contributed by atoms with Crippen LogP contribution in [0, 0.1) is 29.4 Å². The second-order valence-electron chi connectivity index (χ2n) is 9.35. The summed E-state index contributed by atoms with van der Waals surface area (Å²) >= 11 is 0. The summed E-state index contributed by atoms with van der Waals surface area (Å²) in [5.74, 6) is -4.88. The van der Waals surface area contributed by atoms with Crippen LogP contribution >= 0.6 is 0 Å². The number of fused-ring (bicyclic) bond motifs is 1. The number of piperidine rings is 1. The quantitative estimate of drug-likeness (QED) is 0.353. The number of hydrogen-bond donors (Lipinski definition) is 1. The molecular weight excluding hydrogens is 516 g/mol. The minimum atomic E-state index is -3.22. The van der Waals surface area contributed by atoms with Crippen molar-refractivity contribution < 1.29 is 46.2 Å². The molecule has 2 saturated heterocycles. The first-order valence-corrected chi connectivity index (χ1v) is 12.3. The van der Waals surface area contributed by atoms with Crippen LogP contribution in [0.2, 0.25) is 0 Å². The standard InChI is InChI=1S/C24H28F4N4O6/c1-3-30(4-2)18(33)11-37-23(35)19-14-9-31(10-15(14)19)20-16(25)5-12(6-17(20)26)32-8-13(38-24(32)36)7-29-22(34)21(27)28/h5-6,13-15,19,21H,3-4,7-11H2,1-2H3,(H,29,34)/t13-,14-,15+,19?/m0/s1. The van der Waals surface area contributed by atoms with Gasteiger partial charge in [0.1, 0.15) is 11.8 Å². The zero-order valence-electron chi connectivity index (χ0n) is 20.8. The molecule has 1 N–H and O–H groups in total. The van der Waals surface area contributed by atoms with E-state index < -0.39 is 48.1 Å². The molecule has 3 amide bonds. The topological polar surface area (TPSA) is 108 Å². The Labute approximate surface area is 215 Å². The number of amides is 3. The molecule has 3 aliphatic rings. The molecule has 3 fully saturated rings. The molecule has 208 valence electrons. The number of rotatable bonds is 10. The van der Waals surface area contributed by atoms with E-state index in [1.165, 1.54) is 4.90 Å². The number of benzene rings is 1. The van der Waals surface area contributed by atoms with Crippen LogP contribution in [0.25, 0.3) is 0 Å². The molecule has 14 heteroatoms. The monoisotopic (exact) mass is 544 g/mol. The molecule has 1 aliphatic carbocycles.